The van der Waals surface area contributed by atoms with Gasteiger partial charge < -0.3 is 10.2 Å². The molecule has 0 aliphatic carbocycles. The minimum Gasteiger partial charge on any atom is -0.320 e. The number of nitrogens with zero attached hydrogens (tertiary/aromatic N) is 1. The van der Waals surface area contributed by atoms with Gasteiger partial charge in [-0.25, -0.2) is 6.57 Å². The van der Waals surface area contributed by atoms with Gasteiger partial charge >= 0.3 is 5.91 Å². The first-order valence-corrected chi connectivity index (χ1v) is 4.34. The van der Waals surface area contributed by atoms with Crippen LogP contribution in [0.25, 0.3) is 4.85 Å². The van der Waals surface area contributed by atoms with Crippen molar-refractivity contribution >= 4 is 11.6 Å². The van der Waals surface area contributed by atoms with E-state index in [0.29, 0.717) is 0 Å². The smallest absolute Gasteiger partial charge is 0.304 e. The van der Waals surface area contributed by atoms with E-state index in [1.54, 1.807) is 0 Å². The highest BCUT2D eigenvalue weighted by atomic mass is 16.1. The highest BCUT2D eigenvalue weighted by molar-refractivity contribution is 5.93. The average Bonchev–Trinajstić information content (AvgIpc) is 2.12. The molecule has 0 saturated heterocycles. The minimum atomic E-state index is -0.261. The summed E-state index contributed by atoms with van der Waals surface area (Å²) < 4.78 is 0. The van der Waals surface area contributed by atoms with Crippen molar-refractivity contribution in [2.24, 2.45) is 0 Å². The number of amides is 1. The van der Waals surface area contributed by atoms with E-state index in [0.717, 1.165) is 11.3 Å². The van der Waals surface area contributed by atoms with Gasteiger partial charge in [0.05, 0.1) is 0 Å². The molecule has 1 amide bonds. The Morgan fingerprint density at radius 2 is 2.14 bits per heavy atom. The molecule has 0 bridgehead atoms. The third kappa shape index (κ3) is 2.60. The summed E-state index contributed by atoms with van der Waals surface area (Å²) in [5.41, 5.74) is 3.07. The van der Waals surface area contributed by atoms with Crippen molar-refractivity contribution in [3.63, 3.8) is 0 Å². The monoisotopic (exact) mass is 188 g/mol. The van der Waals surface area contributed by atoms with Gasteiger partial charge in [-0.3, -0.25) is 4.79 Å². The maximum atomic E-state index is 11.1. The lowest BCUT2D eigenvalue weighted by atomic mass is 10.1. The third-order valence-corrected chi connectivity index (χ3v) is 2.01. The fourth-order valence-corrected chi connectivity index (χ4v) is 1.09. The van der Waals surface area contributed by atoms with Crippen LogP contribution in [-0.4, -0.2) is 12.5 Å². The lowest BCUT2D eigenvalue weighted by Gasteiger charge is -2.04. The summed E-state index contributed by atoms with van der Waals surface area (Å²) in [6, 6.07) is 5.68. The lowest BCUT2D eigenvalue weighted by molar-refractivity contribution is -0.114. The van der Waals surface area contributed by atoms with Gasteiger partial charge in [0.25, 0.3) is 6.54 Å². The zero-order valence-corrected chi connectivity index (χ0v) is 8.29. The quantitative estimate of drug-likeness (QED) is 0.709. The van der Waals surface area contributed by atoms with E-state index < -0.39 is 0 Å². The Balaban J connectivity index is 2.74. The van der Waals surface area contributed by atoms with Gasteiger partial charge in [-0.15, -0.1) is 0 Å². The van der Waals surface area contributed by atoms with Gasteiger partial charge in [0.1, 0.15) is 0 Å². The first kappa shape index (κ1) is 10.3. The maximum Gasteiger partial charge on any atom is 0.304 e. The number of carbonyl (C=O) groups excluding carboxylic acids is 1. The van der Waals surface area contributed by atoms with Crippen LogP contribution in [0.1, 0.15) is 11.1 Å². The van der Waals surface area contributed by atoms with Gasteiger partial charge in [-0.2, -0.15) is 0 Å². The second-order valence-electron chi connectivity index (χ2n) is 3.16. The molecule has 3 heteroatoms. The molecule has 72 valence electrons. The number of hydrogen-bond acceptors (Lipinski definition) is 1. The molecule has 0 saturated carbocycles. The Labute approximate surface area is 83.6 Å². The molecule has 0 unspecified atom stereocenters. The van der Waals surface area contributed by atoms with E-state index in [1.165, 1.54) is 5.56 Å². The minimum absolute atomic E-state index is 0.118. The average molecular weight is 188 g/mol. The number of anilines is 1. The molecule has 0 spiro atoms. The molecule has 1 rings (SSSR count). The van der Waals surface area contributed by atoms with Crippen LogP contribution in [0, 0.1) is 20.4 Å². The Morgan fingerprint density at radius 1 is 1.43 bits per heavy atom. The molecule has 0 radical (unpaired) electrons. The molecular formula is C11H12N2O. The molecule has 0 aliphatic heterocycles. The van der Waals surface area contributed by atoms with Gasteiger partial charge in [0.2, 0.25) is 0 Å². The van der Waals surface area contributed by atoms with Crippen LogP contribution >= 0.6 is 0 Å². The Bertz CT molecular complexity index is 391. The molecule has 1 aromatic carbocycles. The first-order chi connectivity index (χ1) is 6.63. The molecule has 0 aliphatic rings. The van der Waals surface area contributed by atoms with Crippen molar-refractivity contribution in [1.82, 2.24) is 0 Å². The summed E-state index contributed by atoms with van der Waals surface area (Å²) >= 11 is 0. The Kier molecular flexibility index (Phi) is 3.24. The van der Waals surface area contributed by atoms with Crippen LogP contribution in [0.4, 0.5) is 5.69 Å². The van der Waals surface area contributed by atoms with Crippen molar-refractivity contribution < 1.29 is 4.79 Å². The lowest BCUT2D eigenvalue weighted by Crippen LogP contribution is -2.13. The second kappa shape index (κ2) is 4.43. The summed E-state index contributed by atoms with van der Waals surface area (Å²) in [6.45, 7) is 10.4. The zero-order valence-electron chi connectivity index (χ0n) is 8.29. The van der Waals surface area contributed by atoms with Crippen LogP contribution in [0.5, 0.6) is 0 Å². The largest absolute Gasteiger partial charge is 0.320 e. The zero-order chi connectivity index (χ0) is 10.6. The molecule has 0 atom stereocenters. The molecule has 1 aromatic rings. The summed E-state index contributed by atoms with van der Waals surface area (Å²) in [5, 5.41) is 2.66. The number of hydrogen-bond donors (Lipinski definition) is 1. The molecular weight excluding hydrogens is 176 g/mol. The van der Waals surface area contributed by atoms with Crippen LogP contribution < -0.4 is 5.32 Å². The highest BCUT2D eigenvalue weighted by Crippen LogP contribution is 2.13. The van der Waals surface area contributed by atoms with Crippen molar-refractivity contribution in [3.05, 3.63) is 40.7 Å². The molecule has 1 N–H and O–H groups in total. The molecule has 0 aromatic heterocycles. The van der Waals surface area contributed by atoms with Crippen molar-refractivity contribution in [2.75, 3.05) is 11.9 Å². The van der Waals surface area contributed by atoms with E-state index in [1.807, 2.05) is 32.0 Å². The summed E-state index contributed by atoms with van der Waals surface area (Å²) in [4.78, 5) is 14.1. The van der Waals surface area contributed by atoms with Crippen molar-refractivity contribution in [3.8, 4) is 0 Å². The van der Waals surface area contributed by atoms with Crippen LogP contribution in [0.2, 0.25) is 0 Å². The van der Waals surface area contributed by atoms with E-state index >= 15 is 0 Å². The van der Waals surface area contributed by atoms with Gasteiger partial charge in [0.15, 0.2) is 0 Å². The normalized spacial score (nSPS) is 9.21. The fraction of sp³-hybridized carbons (Fsp3) is 0.273. The molecule has 0 heterocycles. The fourth-order valence-electron chi connectivity index (χ4n) is 1.09. The van der Waals surface area contributed by atoms with Gasteiger partial charge in [0, 0.05) is 5.69 Å². The molecule has 3 nitrogen and oxygen atoms in total. The van der Waals surface area contributed by atoms with Gasteiger partial charge in [-0.1, -0.05) is 6.07 Å². The van der Waals surface area contributed by atoms with Crippen LogP contribution in [0.15, 0.2) is 18.2 Å². The van der Waals surface area contributed by atoms with Gasteiger partial charge in [-0.05, 0) is 37.1 Å². The Morgan fingerprint density at radius 3 is 2.71 bits per heavy atom. The summed E-state index contributed by atoms with van der Waals surface area (Å²) in [7, 11) is 0. The summed E-state index contributed by atoms with van der Waals surface area (Å²) in [6.07, 6.45) is 0. The molecule has 14 heavy (non-hydrogen) atoms. The predicted molar refractivity (Wildman–Crippen MR) is 56.0 cm³/mol. The first-order valence-electron chi connectivity index (χ1n) is 4.34. The van der Waals surface area contributed by atoms with Crippen LogP contribution in [0.3, 0.4) is 0 Å². The van der Waals surface area contributed by atoms with Crippen LogP contribution in [-0.2, 0) is 4.79 Å². The van der Waals surface area contributed by atoms with Crippen molar-refractivity contribution in [2.45, 2.75) is 13.8 Å². The third-order valence-electron chi connectivity index (χ3n) is 2.01. The number of aryl methyl sites for hydroxylation is 2. The van der Waals surface area contributed by atoms with Crippen molar-refractivity contribution in [1.29, 1.82) is 0 Å². The predicted octanol–water partition coefficient (Wildman–Crippen LogP) is 2.16. The molecule has 0 fully saturated rings. The second-order valence-corrected chi connectivity index (χ2v) is 3.16. The Hall–Kier alpha value is -1.82. The SMILES string of the molecule is [C-]#[N+]CC(=O)Nc1ccc(C)c(C)c1. The number of carbonyl (C=O) groups is 1. The topological polar surface area (TPSA) is 33.5 Å². The van der Waals surface area contributed by atoms with E-state index in [9.17, 15) is 4.79 Å². The number of benzene rings is 1. The van der Waals surface area contributed by atoms with E-state index in [-0.39, 0.29) is 12.5 Å². The summed E-state index contributed by atoms with van der Waals surface area (Å²) in [5.74, 6) is -0.261. The number of nitrogens with one attached hydrogen (secondary N) is 1. The maximum absolute atomic E-state index is 11.1. The highest BCUT2D eigenvalue weighted by Gasteiger charge is 2.04. The van der Waals surface area contributed by atoms with E-state index in [4.69, 9.17) is 6.57 Å². The number of rotatable bonds is 2. The van der Waals surface area contributed by atoms with E-state index in [2.05, 4.69) is 10.2 Å². The standard InChI is InChI=1S/C11H12N2O/c1-8-4-5-10(6-9(8)2)13-11(14)7-12-3/h4-6H,7H2,1-2H3,(H,13,14).